The van der Waals surface area contributed by atoms with Crippen molar-refractivity contribution in [3.8, 4) is 0 Å². The lowest BCUT2D eigenvalue weighted by Crippen LogP contribution is -2.30. The van der Waals surface area contributed by atoms with Crippen LogP contribution >= 0.6 is 11.3 Å². The largest absolute Gasteiger partial charge is 0.361 e. The van der Waals surface area contributed by atoms with E-state index in [2.05, 4.69) is 10.3 Å². The smallest absolute Gasteiger partial charge is 0.252 e. The van der Waals surface area contributed by atoms with Crippen LogP contribution < -0.4 is 5.32 Å². The van der Waals surface area contributed by atoms with Gasteiger partial charge in [-0.3, -0.25) is 4.79 Å². The van der Waals surface area contributed by atoms with Crippen LogP contribution in [0.1, 0.15) is 30.7 Å². The van der Waals surface area contributed by atoms with Crippen LogP contribution in [-0.4, -0.2) is 36.7 Å². The number of aromatic nitrogens is 1. The monoisotopic (exact) mass is 419 g/mol. The molecule has 0 aliphatic rings. The van der Waals surface area contributed by atoms with E-state index in [1.165, 1.54) is 15.6 Å². The first-order valence-corrected chi connectivity index (χ1v) is 11.6. The van der Waals surface area contributed by atoms with E-state index in [1.807, 2.05) is 44.3 Å². The zero-order valence-electron chi connectivity index (χ0n) is 16.1. The molecule has 3 rings (SSSR count). The lowest BCUT2D eigenvalue weighted by molar-refractivity contribution is -0.121. The average Bonchev–Trinajstić information content (AvgIpc) is 3.33. The molecule has 0 unspecified atom stereocenters. The third kappa shape index (κ3) is 4.45. The highest BCUT2D eigenvalue weighted by Crippen LogP contribution is 2.25. The van der Waals surface area contributed by atoms with Crippen molar-refractivity contribution in [2.45, 2.75) is 37.4 Å². The number of amides is 1. The van der Waals surface area contributed by atoms with Crippen LogP contribution in [0.5, 0.6) is 0 Å². The van der Waals surface area contributed by atoms with E-state index in [-0.39, 0.29) is 5.91 Å². The van der Waals surface area contributed by atoms with Crippen LogP contribution in [0.3, 0.4) is 0 Å². The number of para-hydroxylation sites is 1. The number of sulfonamides is 1. The van der Waals surface area contributed by atoms with Crippen molar-refractivity contribution in [3.63, 3.8) is 0 Å². The Morgan fingerprint density at radius 2 is 1.89 bits per heavy atom. The molecule has 0 spiro atoms. The van der Waals surface area contributed by atoms with E-state index in [1.54, 1.807) is 12.1 Å². The molecule has 8 heteroatoms. The maximum absolute atomic E-state index is 12.5. The molecule has 6 nitrogen and oxygen atoms in total. The van der Waals surface area contributed by atoms with Gasteiger partial charge in [0.05, 0.1) is 6.54 Å². The Balaban J connectivity index is 1.55. The van der Waals surface area contributed by atoms with Gasteiger partial charge in [0.2, 0.25) is 5.91 Å². The number of H-pyrrole nitrogens is 1. The van der Waals surface area contributed by atoms with Gasteiger partial charge in [-0.2, -0.15) is 4.31 Å². The van der Waals surface area contributed by atoms with Crippen molar-refractivity contribution in [2.75, 3.05) is 13.1 Å². The van der Waals surface area contributed by atoms with E-state index < -0.39 is 10.0 Å². The molecule has 1 aromatic carbocycles. The van der Waals surface area contributed by atoms with Crippen LogP contribution in [0.2, 0.25) is 0 Å². The van der Waals surface area contributed by atoms with Gasteiger partial charge in [-0.05, 0) is 30.2 Å². The Hall–Kier alpha value is -2.16. The van der Waals surface area contributed by atoms with Crippen molar-refractivity contribution in [1.29, 1.82) is 0 Å². The number of thiophene rings is 1. The highest BCUT2D eigenvalue weighted by atomic mass is 32.2. The summed E-state index contributed by atoms with van der Waals surface area (Å²) < 4.78 is 26.8. The summed E-state index contributed by atoms with van der Waals surface area (Å²) in [6, 6.07) is 11.4. The first-order chi connectivity index (χ1) is 13.5. The molecular weight excluding hydrogens is 394 g/mol. The van der Waals surface area contributed by atoms with Crippen molar-refractivity contribution in [3.05, 3.63) is 53.0 Å². The quantitative estimate of drug-likeness (QED) is 0.557. The van der Waals surface area contributed by atoms with Gasteiger partial charge in [0, 0.05) is 41.5 Å². The minimum atomic E-state index is -3.44. The molecule has 0 aliphatic carbocycles. The Morgan fingerprint density at radius 1 is 1.14 bits per heavy atom. The molecule has 2 heterocycles. The summed E-state index contributed by atoms with van der Waals surface area (Å²) in [6.07, 6.45) is 2.99. The van der Waals surface area contributed by atoms with Crippen molar-refractivity contribution in [2.24, 2.45) is 0 Å². The summed E-state index contributed by atoms with van der Waals surface area (Å²) in [5.74, 6) is -0.0492. The second-order valence-electron chi connectivity index (χ2n) is 6.45. The van der Waals surface area contributed by atoms with Crippen molar-refractivity contribution < 1.29 is 13.2 Å². The summed E-state index contributed by atoms with van der Waals surface area (Å²) in [5, 5.41) is 4.02. The zero-order valence-corrected chi connectivity index (χ0v) is 17.7. The predicted octanol–water partition coefficient (Wildman–Crippen LogP) is 3.51. The van der Waals surface area contributed by atoms with E-state index >= 15 is 0 Å². The molecule has 0 fully saturated rings. The Bertz CT molecular complexity index is 1050. The minimum absolute atomic E-state index is 0.0492. The molecule has 0 aliphatic heterocycles. The summed E-state index contributed by atoms with van der Waals surface area (Å²) in [4.78, 5) is 16.2. The maximum atomic E-state index is 12.5. The van der Waals surface area contributed by atoms with Crippen molar-refractivity contribution >= 4 is 38.2 Å². The predicted molar refractivity (Wildman–Crippen MR) is 113 cm³/mol. The van der Waals surface area contributed by atoms with Gasteiger partial charge in [-0.25, -0.2) is 8.42 Å². The Labute approximate surface area is 169 Å². The van der Waals surface area contributed by atoms with Gasteiger partial charge in [0.25, 0.3) is 10.0 Å². The molecule has 0 radical (unpaired) electrons. The van der Waals surface area contributed by atoms with Gasteiger partial charge >= 0.3 is 0 Å². The number of hydrogen-bond donors (Lipinski definition) is 2. The summed E-state index contributed by atoms with van der Waals surface area (Å²) in [5.41, 5.74) is 2.19. The van der Waals surface area contributed by atoms with Gasteiger partial charge in [0.1, 0.15) is 4.21 Å². The molecule has 0 bridgehead atoms. The highest BCUT2D eigenvalue weighted by Gasteiger charge is 2.23. The third-order valence-corrected chi connectivity index (χ3v) is 8.30. The van der Waals surface area contributed by atoms with Gasteiger partial charge in [0.15, 0.2) is 0 Å². The SMILES string of the molecule is CCN(CC)S(=O)(=O)c1ccc(CNC(=O)CCc2c[nH]c3ccccc23)s1. The standard InChI is InChI=1S/C20H25N3O3S2/c1-3-23(4-2)28(25,26)20-12-10-16(27-20)14-22-19(24)11-9-15-13-21-18-8-6-5-7-17(15)18/h5-8,10,12-13,21H,3-4,9,11,14H2,1-2H3,(H,22,24). The molecule has 0 saturated heterocycles. The second kappa shape index (κ2) is 8.89. The zero-order chi connectivity index (χ0) is 20.1. The first kappa shape index (κ1) is 20.6. The lowest BCUT2D eigenvalue weighted by Gasteiger charge is -2.16. The summed E-state index contributed by atoms with van der Waals surface area (Å²) in [7, 11) is -3.44. The number of nitrogens with zero attached hydrogens (tertiary/aromatic N) is 1. The fraction of sp³-hybridized carbons (Fsp3) is 0.350. The van der Waals surface area contributed by atoms with E-state index in [0.29, 0.717) is 36.7 Å². The Kier molecular flexibility index (Phi) is 6.53. The number of nitrogens with one attached hydrogen (secondary N) is 2. The van der Waals surface area contributed by atoms with E-state index in [0.717, 1.165) is 21.3 Å². The van der Waals surface area contributed by atoms with E-state index in [9.17, 15) is 13.2 Å². The van der Waals surface area contributed by atoms with Crippen LogP contribution in [-0.2, 0) is 27.8 Å². The number of fused-ring (bicyclic) bond motifs is 1. The van der Waals surface area contributed by atoms with Gasteiger partial charge in [-0.1, -0.05) is 32.0 Å². The number of aromatic amines is 1. The molecule has 28 heavy (non-hydrogen) atoms. The summed E-state index contributed by atoms with van der Waals surface area (Å²) >= 11 is 1.21. The molecule has 150 valence electrons. The topological polar surface area (TPSA) is 82.3 Å². The normalized spacial score (nSPS) is 12.0. The van der Waals surface area contributed by atoms with Crippen LogP contribution in [0.25, 0.3) is 10.9 Å². The van der Waals surface area contributed by atoms with Crippen LogP contribution in [0, 0.1) is 0 Å². The number of aryl methyl sites for hydroxylation is 1. The summed E-state index contributed by atoms with van der Waals surface area (Å²) in [6.45, 7) is 4.87. The molecule has 2 aromatic heterocycles. The lowest BCUT2D eigenvalue weighted by atomic mass is 10.1. The van der Waals surface area contributed by atoms with Gasteiger partial charge < -0.3 is 10.3 Å². The second-order valence-corrected chi connectivity index (χ2v) is 9.78. The molecular formula is C20H25N3O3S2. The number of benzene rings is 1. The molecule has 0 saturated carbocycles. The first-order valence-electron chi connectivity index (χ1n) is 9.36. The molecule has 3 aromatic rings. The number of rotatable bonds is 9. The minimum Gasteiger partial charge on any atom is -0.361 e. The maximum Gasteiger partial charge on any atom is 0.252 e. The van der Waals surface area contributed by atoms with E-state index in [4.69, 9.17) is 0 Å². The number of hydrogen-bond acceptors (Lipinski definition) is 4. The Morgan fingerprint density at radius 3 is 2.64 bits per heavy atom. The molecule has 1 amide bonds. The van der Waals surface area contributed by atoms with Crippen molar-refractivity contribution in [1.82, 2.24) is 14.6 Å². The fourth-order valence-corrected chi connectivity index (χ4v) is 6.05. The van der Waals surface area contributed by atoms with Gasteiger partial charge in [-0.15, -0.1) is 11.3 Å². The van der Waals surface area contributed by atoms with Crippen LogP contribution in [0.4, 0.5) is 0 Å². The fourth-order valence-electron chi connectivity index (χ4n) is 3.14. The highest BCUT2D eigenvalue weighted by molar-refractivity contribution is 7.91. The third-order valence-electron chi connectivity index (χ3n) is 4.69. The van der Waals surface area contributed by atoms with Crippen LogP contribution in [0.15, 0.2) is 46.8 Å². The number of carbonyl (C=O) groups excluding carboxylic acids is 1. The molecule has 0 atom stereocenters. The number of carbonyl (C=O) groups is 1. The average molecular weight is 420 g/mol. The molecule has 2 N–H and O–H groups in total.